The fourth-order valence-electron chi connectivity index (χ4n) is 6.28. The number of benzene rings is 7. The van der Waals surface area contributed by atoms with Crippen LogP contribution in [0, 0.1) is 6.92 Å². The number of carbonyl (C=O) groups excluding carboxylic acids is 1. The molecule has 7 aromatic rings. The van der Waals surface area contributed by atoms with Gasteiger partial charge in [0.1, 0.15) is 21.2 Å². The minimum Gasteiger partial charge on any atom is -0.505 e. The van der Waals surface area contributed by atoms with Crippen molar-refractivity contribution in [1.82, 2.24) is 0 Å². The average molecular weight is 1030 g/mol. The number of rotatable bonds is 10. The molecule has 0 aliphatic rings. The van der Waals surface area contributed by atoms with Crippen LogP contribution in [0.4, 0.5) is 38.9 Å². The zero-order valence-corrected chi connectivity index (χ0v) is 46.9. The summed E-state index contributed by atoms with van der Waals surface area (Å²) in [7, 11) is -19.1. The minimum atomic E-state index is -5.06. The van der Waals surface area contributed by atoms with Gasteiger partial charge in [-0.25, -0.2) is 4.79 Å². The molecule has 29 heteroatoms. The van der Waals surface area contributed by atoms with Gasteiger partial charge < -0.3 is 20.8 Å². The van der Waals surface area contributed by atoms with E-state index in [1.54, 1.807) is 0 Å². The molecule has 0 atom stereocenters. The third kappa shape index (κ3) is 13.5. The Labute approximate surface area is 469 Å². The van der Waals surface area contributed by atoms with E-state index in [1.165, 1.54) is 79.7 Å². The summed E-state index contributed by atoms with van der Waals surface area (Å²) >= 11 is 0. The maximum atomic E-state index is 13.1. The molecule has 0 spiro atoms. The van der Waals surface area contributed by atoms with Crippen LogP contribution < -0.4 is 10.6 Å². The fourth-order valence-corrected chi connectivity index (χ4v) is 8.68. The van der Waals surface area contributed by atoms with E-state index in [2.05, 4.69) is 31.1 Å². The first-order valence-corrected chi connectivity index (χ1v) is 23.2. The Bertz CT molecular complexity index is 3660. The van der Waals surface area contributed by atoms with Crippen LogP contribution >= 0.6 is 0 Å². The predicted molar refractivity (Wildman–Crippen MR) is 250 cm³/mol. The standard InChI is InChI=1S/C38H28N6O15S4.4Na/c1-19-12-27(60(48,49)50)8-11-31(19)42-44-35-33(63(57,58)59)18-23-15-25(6-10-30(23)37(35)46)40-38(47)39-24-5-9-29-22(14-24)17-32(62(54,55)56)34(36(29)45)43-41-26-4-2-21-16-28(61(51,52)53)7-3-20(21)13-26;;;;/h2-18,45-46H,1H3,(H2,39,40,47)(H,48,49,50)(H,51,52,53)(H,54,55,56)(H,57,58,59);;;;. The summed E-state index contributed by atoms with van der Waals surface area (Å²) < 4.78 is 134. The molecule has 7 rings (SSSR count). The van der Waals surface area contributed by atoms with Crippen molar-refractivity contribution in [3.05, 3.63) is 109 Å². The zero-order chi connectivity index (χ0) is 45.8. The molecule has 7 aromatic carbocycles. The van der Waals surface area contributed by atoms with Crippen LogP contribution in [0.1, 0.15) is 5.56 Å². The van der Waals surface area contributed by atoms with Gasteiger partial charge in [0.2, 0.25) is 0 Å². The maximum absolute atomic E-state index is 13.1. The summed E-state index contributed by atoms with van der Waals surface area (Å²) in [5, 5.41) is 43.7. The van der Waals surface area contributed by atoms with Gasteiger partial charge in [-0.05, 0) is 125 Å². The first-order valence-electron chi connectivity index (χ1n) is 17.4. The molecular weight excluding hydrogens is 1000 g/mol. The van der Waals surface area contributed by atoms with Gasteiger partial charge in [0.05, 0.1) is 21.2 Å². The Morgan fingerprint density at radius 3 is 1.36 bits per heavy atom. The van der Waals surface area contributed by atoms with Crippen molar-refractivity contribution in [3.8, 4) is 11.5 Å². The number of fused-ring (bicyclic) bond motifs is 3. The van der Waals surface area contributed by atoms with Crippen molar-refractivity contribution in [2.45, 2.75) is 26.5 Å². The van der Waals surface area contributed by atoms with Crippen LogP contribution in [0.2, 0.25) is 0 Å². The van der Waals surface area contributed by atoms with E-state index in [0.29, 0.717) is 10.8 Å². The molecule has 0 unspecified atom stereocenters. The van der Waals surface area contributed by atoms with Gasteiger partial charge in [-0.1, -0.05) is 12.1 Å². The summed E-state index contributed by atoms with van der Waals surface area (Å²) in [5.41, 5.74) is -0.784. The molecule has 0 bridgehead atoms. The van der Waals surface area contributed by atoms with E-state index in [4.69, 9.17) is 0 Å². The molecule has 0 aromatic heterocycles. The molecule has 8 N–H and O–H groups in total. The number of amides is 2. The Kier molecular flexibility index (Phi) is 19.5. The maximum Gasteiger partial charge on any atom is 0.323 e. The molecule has 67 heavy (non-hydrogen) atoms. The van der Waals surface area contributed by atoms with Crippen LogP contribution in [0.15, 0.2) is 143 Å². The molecule has 328 valence electrons. The third-order valence-electron chi connectivity index (χ3n) is 9.26. The number of azo groups is 2. The van der Waals surface area contributed by atoms with E-state index in [9.17, 15) is 66.9 Å². The smallest absolute Gasteiger partial charge is 0.323 e. The number of nitrogens with one attached hydrogen (secondary N) is 2. The van der Waals surface area contributed by atoms with E-state index in [0.717, 1.165) is 30.3 Å². The van der Waals surface area contributed by atoms with Crippen molar-refractivity contribution in [2.75, 3.05) is 10.6 Å². The van der Waals surface area contributed by atoms with Crippen LogP contribution in [0.5, 0.6) is 11.5 Å². The van der Waals surface area contributed by atoms with Gasteiger partial charge in [-0.3, -0.25) is 18.2 Å². The molecule has 0 saturated carbocycles. The molecular formula is C38H28N6Na4O15S4. The summed E-state index contributed by atoms with van der Waals surface area (Å²) in [5.74, 6) is -1.43. The molecule has 0 fully saturated rings. The number of aromatic hydroxyl groups is 2. The van der Waals surface area contributed by atoms with E-state index < -0.39 is 84.1 Å². The van der Waals surface area contributed by atoms with Gasteiger partial charge in [0.25, 0.3) is 40.5 Å². The first kappa shape index (κ1) is 58.3. The fraction of sp³-hybridized carbons (Fsp3) is 0.0263. The number of anilines is 2. The van der Waals surface area contributed by atoms with Gasteiger partial charge >= 0.3 is 6.03 Å². The van der Waals surface area contributed by atoms with Gasteiger partial charge in [0.15, 0.2) is 11.5 Å². The van der Waals surface area contributed by atoms with Crippen molar-refractivity contribution in [2.24, 2.45) is 20.5 Å². The van der Waals surface area contributed by atoms with Gasteiger partial charge in [-0.2, -0.15) is 43.9 Å². The minimum absolute atomic E-state index is 0. The van der Waals surface area contributed by atoms with Crippen molar-refractivity contribution >= 4 is 231 Å². The second-order valence-electron chi connectivity index (χ2n) is 13.5. The summed E-state index contributed by atoms with van der Waals surface area (Å²) in [4.78, 5) is 10.6. The monoisotopic (exact) mass is 1030 g/mol. The largest absolute Gasteiger partial charge is 0.505 e. The number of phenolic OH excluding ortho intramolecular Hbond substituents is 2. The van der Waals surface area contributed by atoms with Crippen LogP contribution in [-0.2, 0) is 40.5 Å². The Hall–Kier alpha value is -2.97. The molecule has 0 heterocycles. The number of hydrogen-bond donors (Lipinski definition) is 8. The number of phenols is 2. The summed E-state index contributed by atoms with van der Waals surface area (Å²) in [6.45, 7) is 1.43. The van der Waals surface area contributed by atoms with E-state index >= 15 is 0 Å². The zero-order valence-electron chi connectivity index (χ0n) is 35.6. The SMILES string of the molecule is Cc1cc(S(=O)(=O)O)ccc1N=Nc1c(S(=O)(=O)O)cc2cc(NC(=O)Nc3ccc4c(O)c(N=Nc5ccc6cc(S(=O)(=O)O)ccc6c5)c(S(=O)(=O)O)cc4c3)ccc2c1O.[Na].[Na].[Na].[Na]. The first-order chi connectivity index (χ1) is 29.4. The number of nitrogens with zero attached hydrogens (tertiary/aromatic N) is 4. The molecule has 21 nitrogen and oxygen atoms in total. The van der Waals surface area contributed by atoms with E-state index in [-0.39, 0.29) is 173 Å². The van der Waals surface area contributed by atoms with Gasteiger partial charge in [-0.15, -0.1) is 10.2 Å². The van der Waals surface area contributed by atoms with Crippen molar-refractivity contribution in [1.29, 1.82) is 0 Å². The Morgan fingerprint density at radius 1 is 0.463 bits per heavy atom. The average Bonchev–Trinajstić information content (AvgIpc) is 3.18. The summed E-state index contributed by atoms with van der Waals surface area (Å²) in [6, 6.07) is 20.3. The number of carbonyl (C=O) groups is 1. The second-order valence-corrected chi connectivity index (χ2v) is 19.2. The Balaban J connectivity index is 0.00000298. The summed E-state index contributed by atoms with van der Waals surface area (Å²) in [6.07, 6.45) is 0. The molecule has 0 aliphatic heterocycles. The van der Waals surface area contributed by atoms with Crippen molar-refractivity contribution in [3.63, 3.8) is 0 Å². The number of urea groups is 1. The molecule has 4 radical (unpaired) electrons. The quantitative estimate of drug-likeness (QED) is 0.0396. The van der Waals surface area contributed by atoms with Crippen LogP contribution in [-0.4, -0.2) is 186 Å². The van der Waals surface area contributed by atoms with Crippen molar-refractivity contribution < 1.29 is 66.9 Å². The van der Waals surface area contributed by atoms with E-state index in [1.807, 2.05) is 0 Å². The number of hydrogen-bond acceptors (Lipinski definition) is 15. The second kappa shape index (κ2) is 22.4. The van der Waals surface area contributed by atoms with Crippen LogP contribution in [0.25, 0.3) is 32.3 Å². The molecule has 0 saturated heterocycles. The van der Waals surface area contributed by atoms with Crippen LogP contribution in [0.3, 0.4) is 0 Å². The number of aryl methyl sites for hydroxylation is 1. The third-order valence-corrected chi connectivity index (χ3v) is 12.7. The Morgan fingerprint density at radius 2 is 0.896 bits per heavy atom. The molecule has 0 aliphatic carbocycles. The van der Waals surface area contributed by atoms with Gasteiger partial charge in [0, 0.05) is 140 Å². The normalized spacial score (nSPS) is 12.0. The predicted octanol–water partition coefficient (Wildman–Crippen LogP) is 6.80. The molecule has 2 amide bonds. The topological polar surface area (TPSA) is 349 Å².